The number of amides is 1. The van der Waals surface area contributed by atoms with Crippen molar-refractivity contribution in [2.75, 3.05) is 13.6 Å². The monoisotopic (exact) mass is 516 g/mol. The number of carbonyl (C=O) groups is 1. The Labute approximate surface area is 192 Å². The summed E-state index contributed by atoms with van der Waals surface area (Å²) in [5.74, 6) is 1.88. The van der Waals surface area contributed by atoms with Crippen molar-refractivity contribution in [3.63, 3.8) is 0 Å². The van der Waals surface area contributed by atoms with Gasteiger partial charge in [-0.05, 0) is 59.1 Å². The first kappa shape index (κ1) is 25.5. The highest BCUT2D eigenvalue weighted by Gasteiger charge is 2.28. The van der Waals surface area contributed by atoms with Gasteiger partial charge in [-0.15, -0.1) is 24.0 Å². The highest BCUT2D eigenvalue weighted by molar-refractivity contribution is 14.0. The molecule has 0 aliphatic heterocycles. The zero-order valence-corrected chi connectivity index (χ0v) is 20.7. The molecule has 1 aliphatic carbocycles. The maximum absolute atomic E-state index is 12.3. The third-order valence-electron chi connectivity index (χ3n) is 4.96. The molecule has 29 heavy (non-hydrogen) atoms. The van der Waals surface area contributed by atoms with Crippen molar-refractivity contribution in [2.24, 2.45) is 10.9 Å². The summed E-state index contributed by atoms with van der Waals surface area (Å²) in [6.07, 6.45) is 3.93. The van der Waals surface area contributed by atoms with Gasteiger partial charge in [0.05, 0.1) is 6.54 Å². The fourth-order valence-corrected chi connectivity index (χ4v) is 3.48. The van der Waals surface area contributed by atoms with E-state index >= 15 is 0 Å². The van der Waals surface area contributed by atoms with Gasteiger partial charge in [0.1, 0.15) is 11.9 Å². The van der Waals surface area contributed by atoms with Gasteiger partial charge in [0.15, 0.2) is 5.96 Å². The average molecular weight is 516 g/mol. The second kappa shape index (κ2) is 12.9. The molecule has 0 bridgehead atoms. The Balaban J connectivity index is 0.00000420. The van der Waals surface area contributed by atoms with Crippen molar-refractivity contribution >= 4 is 35.8 Å². The summed E-state index contributed by atoms with van der Waals surface area (Å²) in [6, 6.07) is 8.52. The van der Waals surface area contributed by atoms with E-state index in [0.717, 1.165) is 37.4 Å². The van der Waals surface area contributed by atoms with Gasteiger partial charge < -0.3 is 20.7 Å². The van der Waals surface area contributed by atoms with Crippen LogP contribution in [-0.2, 0) is 4.79 Å². The van der Waals surface area contributed by atoms with Gasteiger partial charge in [-0.25, -0.2) is 0 Å². The number of ether oxygens (including phenoxy) is 1. The van der Waals surface area contributed by atoms with Crippen LogP contribution in [0.25, 0.3) is 0 Å². The summed E-state index contributed by atoms with van der Waals surface area (Å²) in [7, 11) is 1.77. The lowest BCUT2D eigenvalue weighted by Gasteiger charge is -2.30. The minimum Gasteiger partial charge on any atom is -0.489 e. The fourth-order valence-electron chi connectivity index (χ4n) is 3.48. The summed E-state index contributed by atoms with van der Waals surface area (Å²) in [4.78, 5) is 16.6. The van der Waals surface area contributed by atoms with Crippen LogP contribution in [0, 0.1) is 12.8 Å². The molecule has 164 valence electrons. The summed E-state index contributed by atoms with van der Waals surface area (Å²) in [5.41, 5.74) is 1.22. The van der Waals surface area contributed by atoms with Crippen LogP contribution in [0.3, 0.4) is 0 Å². The molecule has 1 saturated carbocycles. The number of nitrogens with one attached hydrogen (secondary N) is 3. The number of rotatable bonds is 7. The molecule has 0 aromatic heterocycles. The minimum absolute atomic E-state index is 0. The van der Waals surface area contributed by atoms with Gasteiger partial charge in [0.2, 0.25) is 5.91 Å². The molecule has 1 fully saturated rings. The molecule has 6 nitrogen and oxygen atoms in total. The first-order chi connectivity index (χ1) is 13.4. The maximum Gasteiger partial charge on any atom is 0.223 e. The summed E-state index contributed by atoms with van der Waals surface area (Å²) in [5, 5.41) is 9.85. The molecule has 2 rings (SSSR count). The minimum atomic E-state index is 0. The van der Waals surface area contributed by atoms with Crippen molar-refractivity contribution in [2.45, 2.75) is 71.6 Å². The van der Waals surface area contributed by atoms with Gasteiger partial charge in [0.25, 0.3) is 0 Å². The van der Waals surface area contributed by atoms with Gasteiger partial charge in [-0.1, -0.05) is 24.1 Å². The smallest absolute Gasteiger partial charge is 0.223 e. The van der Waals surface area contributed by atoms with Gasteiger partial charge in [0, 0.05) is 25.0 Å². The molecule has 3 N–H and O–H groups in total. The molecule has 7 heteroatoms. The highest BCUT2D eigenvalue weighted by Crippen LogP contribution is 2.24. The van der Waals surface area contributed by atoms with E-state index in [1.165, 1.54) is 5.56 Å². The lowest BCUT2D eigenvalue weighted by molar-refractivity contribution is -0.126. The average Bonchev–Trinajstić information content (AvgIpc) is 2.66. The second-order valence-corrected chi connectivity index (χ2v) is 8.06. The van der Waals surface area contributed by atoms with Crippen LogP contribution >= 0.6 is 24.0 Å². The number of halogens is 1. The zero-order valence-electron chi connectivity index (χ0n) is 18.3. The fraction of sp³-hybridized carbons (Fsp3) is 0.636. The van der Waals surface area contributed by atoms with Crippen molar-refractivity contribution in [3.8, 4) is 5.75 Å². The van der Waals surface area contributed by atoms with E-state index in [9.17, 15) is 4.79 Å². The van der Waals surface area contributed by atoms with Crippen LogP contribution in [0.2, 0.25) is 0 Å². The second-order valence-electron chi connectivity index (χ2n) is 8.06. The Morgan fingerprint density at radius 3 is 2.52 bits per heavy atom. The number of aliphatic imine (C=N–C) groups is 1. The number of nitrogens with zero attached hydrogens (tertiary/aromatic N) is 1. The van der Waals surface area contributed by atoms with Crippen LogP contribution in [0.4, 0.5) is 0 Å². The Morgan fingerprint density at radius 1 is 1.21 bits per heavy atom. The number of carbonyl (C=O) groups excluding carboxylic acids is 1. The SMILES string of the molecule is CN=C(NCC(C)Oc1ccc(C)cc1)NC1CCCC(C(=O)NC(C)C)C1.I. The largest absolute Gasteiger partial charge is 0.489 e. The first-order valence-corrected chi connectivity index (χ1v) is 10.4. The topological polar surface area (TPSA) is 74.8 Å². The van der Waals surface area contributed by atoms with E-state index < -0.39 is 0 Å². The molecule has 1 amide bonds. The molecular formula is C22H37IN4O2. The molecule has 1 aromatic carbocycles. The van der Waals surface area contributed by atoms with Gasteiger partial charge >= 0.3 is 0 Å². The van der Waals surface area contributed by atoms with Crippen LogP contribution in [0.1, 0.15) is 52.0 Å². The third-order valence-corrected chi connectivity index (χ3v) is 4.96. The van der Waals surface area contributed by atoms with Gasteiger partial charge in [-0.2, -0.15) is 0 Å². The van der Waals surface area contributed by atoms with Crippen LogP contribution in [0.15, 0.2) is 29.3 Å². The van der Waals surface area contributed by atoms with E-state index in [4.69, 9.17) is 4.74 Å². The molecule has 3 unspecified atom stereocenters. The molecule has 0 spiro atoms. The predicted octanol–water partition coefficient (Wildman–Crippen LogP) is 3.63. The summed E-state index contributed by atoms with van der Waals surface area (Å²) >= 11 is 0. The quantitative estimate of drug-likeness (QED) is 0.294. The third kappa shape index (κ3) is 9.23. The van der Waals surface area contributed by atoms with Crippen molar-refractivity contribution < 1.29 is 9.53 Å². The van der Waals surface area contributed by atoms with Crippen molar-refractivity contribution in [3.05, 3.63) is 29.8 Å². The normalized spacial score (nSPS) is 20.4. The van der Waals surface area contributed by atoms with Crippen molar-refractivity contribution in [1.82, 2.24) is 16.0 Å². The Kier molecular flexibility index (Phi) is 11.4. The van der Waals surface area contributed by atoms with E-state index in [1.807, 2.05) is 45.0 Å². The molecule has 0 saturated heterocycles. The van der Waals surface area contributed by atoms with Crippen LogP contribution in [-0.4, -0.2) is 43.6 Å². The highest BCUT2D eigenvalue weighted by atomic mass is 127. The maximum atomic E-state index is 12.3. The number of aryl methyl sites for hydroxylation is 1. The van der Waals surface area contributed by atoms with E-state index in [-0.39, 0.29) is 54.0 Å². The molecule has 0 radical (unpaired) electrons. The standard InChI is InChI=1S/C22H36N4O2.HI/c1-15(2)25-21(27)18-7-6-8-19(13-18)26-22(23-5)24-14-17(4)28-20-11-9-16(3)10-12-20;/h9-12,15,17-19H,6-8,13-14H2,1-5H3,(H,25,27)(H2,23,24,26);1H. The number of hydrogen-bond donors (Lipinski definition) is 3. The van der Waals surface area contributed by atoms with Crippen molar-refractivity contribution in [1.29, 1.82) is 0 Å². The summed E-state index contributed by atoms with van der Waals surface area (Å²) in [6.45, 7) is 8.75. The lowest BCUT2D eigenvalue weighted by Crippen LogP contribution is -2.49. The molecule has 0 heterocycles. The Morgan fingerprint density at radius 2 is 1.90 bits per heavy atom. The molecule has 3 atom stereocenters. The number of hydrogen-bond acceptors (Lipinski definition) is 3. The Bertz CT molecular complexity index is 649. The summed E-state index contributed by atoms with van der Waals surface area (Å²) < 4.78 is 5.94. The predicted molar refractivity (Wildman–Crippen MR) is 130 cm³/mol. The number of benzene rings is 1. The van der Waals surface area contributed by atoms with E-state index in [2.05, 4.69) is 27.9 Å². The number of guanidine groups is 1. The molecule has 1 aliphatic rings. The van der Waals surface area contributed by atoms with Gasteiger partial charge in [-0.3, -0.25) is 9.79 Å². The molecular weight excluding hydrogens is 479 g/mol. The first-order valence-electron chi connectivity index (χ1n) is 10.4. The van der Waals surface area contributed by atoms with Crippen LogP contribution in [0.5, 0.6) is 5.75 Å². The Hall–Kier alpha value is -1.51. The van der Waals surface area contributed by atoms with Crippen LogP contribution < -0.4 is 20.7 Å². The lowest BCUT2D eigenvalue weighted by atomic mass is 9.85. The van der Waals surface area contributed by atoms with E-state index in [1.54, 1.807) is 7.05 Å². The zero-order chi connectivity index (χ0) is 20.5. The van der Waals surface area contributed by atoms with E-state index in [0.29, 0.717) is 6.54 Å². The molecule has 1 aromatic rings.